The number of hydrogen-bond donors (Lipinski definition) is 1. The van der Waals surface area contributed by atoms with Crippen LogP contribution in [0.25, 0.3) is 11.4 Å². The number of primary amides is 1. The Morgan fingerprint density at radius 3 is 2.71 bits per heavy atom. The number of aromatic nitrogens is 2. The van der Waals surface area contributed by atoms with Gasteiger partial charge in [0, 0.05) is 37.1 Å². The van der Waals surface area contributed by atoms with E-state index in [1.54, 1.807) is 18.3 Å². The van der Waals surface area contributed by atoms with E-state index in [1.807, 2.05) is 36.1 Å². The molecule has 0 spiro atoms. The van der Waals surface area contributed by atoms with Crippen molar-refractivity contribution < 1.29 is 19.1 Å². The molecule has 0 fully saturated rings. The molecule has 4 rings (SSSR count). The van der Waals surface area contributed by atoms with Gasteiger partial charge in [-0.05, 0) is 42.2 Å². The van der Waals surface area contributed by atoms with Gasteiger partial charge in [-0.25, -0.2) is 4.79 Å². The van der Waals surface area contributed by atoms with Crippen LogP contribution in [0.4, 0.5) is 0 Å². The van der Waals surface area contributed by atoms with Crippen LogP contribution in [-0.4, -0.2) is 46.9 Å². The molecular weight excluding hydrogens is 446 g/mol. The predicted octanol–water partition coefficient (Wildman–Crippen LogP) is 2.53. The Bertz CT molecular complexity index is 1310. The maximum absolute atomic E-state index is 11.8. The molecule has 0 saturated carbocycles. The SMILES string of the molecule is COc1cc(-c2ccc(CN(CCc3ccc4c(c3C)COC4=O)CC(N)=O)cn2)ncc1C#N. The number of ether oxygens (including phenoxy) is 2. The van der Waals surface area contributed by atoms with Crippen molar-refractivity contribution in [3.63, 3.8) is 0 Å². The number of esters is 1. The fourth-order valence-corrected chi connectivity index (χ4v) is 4.14. The number of pyridine rings is 2. The summed E-state index contributed by atoms with van der Waals surface area (Å²) in [6.45, 7) is 3.50. The minimum atomic E-state index is -0.409. The largest absolute Gasteiger partial charge is 0.495 e. The van der Waals surface area contributed by atoms with E-state index < -0.39 is 5.91 Å². The number of nitrogens with two attached hydrogens (primary N) is 1. The molecule has 0 bridgehead atoms. The summed E-state index contributed by atoms with van der Waals surface area (Å²) in [5.74, 6) is -0.252. The van der Waals surface area contributed by atoms with Crippen molar-refractivity contribution in [2.75, 3.05) is 20.2 Å². The minimum absolute atomic E-state index is 0.113. The maximum Gasteiger partial charge on any atom is 0.338 e. The van der Waals surface area contributed by atoms with Crippen molar-refractivity contribution >= 4 is 11.9 Å². The molecule has 178 valence electrons. The lowest BCUT2D eigenvalue weighted by molar-refractivity contribution is -0.119. The Kier molecular flexibility index (Phi) is 7.03. The Hall–Kier alpha value is -4.29. The first-order chi connectivity index (χ1) is 16.9. The number of nitriles is 1. The lowest BCUT2D eigenvalue weighted by atomic mass is 9.96. The highest BCUT2D eigenvalue weighted by Gasteiger charge is 2.24. The first-order valence-corrected chi connectivity index (χ1v) is 11.1. The van der Waals surface area contributed by atoms with Crippen LogP contribution in [0, 0.1) is 18.3 Å². The van der Waals surface area contributed by atoms with Crippen LogP contribution >= 0.6 is 0 Å². The highest BCUT2D eigenvalue weighted by atomic mass is 16.5. The van der Waals surface area contributed by atoms with E-state index in [4.69, 9.17) is 20.5 Å². The summed E-state index contributed by atoms with van der Waals surface area (Å²) in [5.41, 5.74) is 11.7. The molecule has 0 unspecified atom stereocenters. The number of methoxy groups -OCH3 is 1. The standard InChI is InChI=1S/C26H25N5O4/c1-16-18(4-5-20-21(16)15-35-26(20)33)7-8-31(14-25(28)32)13-17-3-6-22(29-11-17)23-9-24(34-2)19(10-27)12-30-23/h3-6,9,11-12H,7-8,13-15H2,1-2H3,(H2,28,32). The Morgan fingerprint density at radius 2 is 2.03 bits per heavy atom. The van der Waals surface area contributed by atoms with Gasteiger partial charge in [-0.15, -0.1) is 0 Å². The monoisotopic (exact) mass is 471 g/mol. The molecule has 9 nitrogen and oxygen atoms in total. The molecule has 2 aromatic heterocycles. The lowest BCUT2D eigenvalue weighted by Gasteiger charge is -2.21. The number of benzene rings is 1. The fraction of sp³-hybridized carbons (Fsp3) is 0.269. The number of rotatable bonds is 9. The van der Waals surface area contributed by atoms with E-state index in [0.717, 1.165) is 22.3 Å². The average molecular weight is 472 g/mol. The highest BCUT2D eigenvalue weighted by Crippen LogP contribution is 2.27. The summed E-state index contributed by atoms with van der Waals surface area (Å²) >= 11 is 0. The quantitative estimate of drug-likeness (QED) is 0.471. The summed E-state index contributed by atoms with van der Waals surface area (Å²) in [6, 6.07) is 11.2. The number of nitrogens with zero attached hydrogens (tertiary/aromatic N) is 4. The first-order valence-electron chi connectivity index (χ1n) is 11.1. The zero-order chi connectivity index (χ0) is 24.9. The van der Waals surface area contributed by atoms with E-state index >= 15 is 0 Å². The van der Waals surface area contributed by atoms with Gasteiger partial charge in [0.2, 0.25) is 5.91 Å². The van der Waals surface area contributed by atoms with E-state index in [9.17, 15) is 9.59 Å². The summed E-state index contributed by atoms with van der Waals surface area (Å²) in [4.78, 5) is 34.2. The molecular formula is C26H25N5O4. The van der Waals surface area contributed by atoms with Gasteiger partial charge in [-0.2, -0.15) is 5.26 Å². The molecule has 9 heteroatoms. The number of hydrogen-bond acceptors (Lipinski definition) is 8. The van der Waals surface area contributed by atoms with Crippen molar-refractivity contribution in [2.45, 2.75) is 26.5 Å². The molecule has 2 N–H and O–H groups in total. The molecule has 0 atom stereocenters. The minimum Gasteiger partial charge on any atom is -0.495 e. The molecule has 3 heterocycles. The van der Waals surface area contributed by atoms with E-state index in [-0.39, 0.29) is 12.5 Å². The Balaban J connectivity index is 1.46. The van der Waals surface area contributed by atoms with E-state index in [2.05, 4.69) is 9.97 Å². The van der Waals surface area contributed by atoms with Crippen molar-refractivity contribution in [1.82, 2.24) is 14.9 Å². The third-order valence-corrected chi connectivity index (χ3v) is 6.05. The fourth-order valence-electron chi connectivity index (χ4n) is 4.14. The Labute approximate surface area is 203 Å². The maximum atomic E-state index is 11.8. The van der Waals surface area contributed by atoms with Crippen LogP contribution in [0.1, 0.15) is 38.2 Å². The second kappa shape index (κ2) is 10.3. The van der Waals surface area contributed by atoms with Crippen LogP contribution in [0.3, 0.4) is 0 Å². The van der Waals surface area contributed by atoms with Crippen molar-refractivity contribution in [3.8, 4) is 23.2 Å². The summed E-state index contributed by atoms with van der Waals surface area (Å²) in [6.07, 6.45) is 3.89. The van der Waals surface area contributed by atoms with Crippen molar-refractivity contribution in [1.29, 1.82) is 5.26 Å². The average Bonchev–Trinajstić information content (AvgIpc) is 3.24. The number of cyclic esters (lactones) is 1. The van der Waals surface area contributed by atoms with Crippen LogP contribution in [0.5, 0.6) is 5.75 Å². The molecule has 0 aliphatic carbocycles. The molecule has 0 radical (unpaired) electrons. The van der Waals surface area contributed by atoms with Gasteiger partial charge in [0.05, 0.1) is 30.6 Å². The highest BCUT2D eigenvalue weighted by molar-refractivity contribution is 5.93. The zero-order valence-corrected chi connectivity index (χ0v) is 19.6. The van der Waals surface area contributed by atoms with Crippen molar-refractivity contribution in [3.05, 3.63) is 76.1 Å². The van der Waals surface area contributed by atoms with Gasteiger partial charge in [-0.1, -0.05) is 12.1 Å². The van der Waals surface area contributed by atoms with Crippen LogP contribution in [0.15, 0.2) is 42.7 Å². The summed E-state index contributed by atoms with van der Waals surface area (Å²) in [5, 5.41) is 9.13. The molecule has 35 heavy (non-hydrogen) atoms. The third-order valence-electron chi connectivity index (χ3n) is 6.05. The Morgan fingerprint density at radius 1 is 1.23 bits per heavy atom. The van der Waals surface area contributed by atoms with Gasteiger partial charge in [-0.3, -0.25) is 19.7 Å². The second-order valence-corrected chi connectivity index (χ2v) is 8.31. The van der Waals surface area contributed by atoms with Crippen LogP contribution in [-0.2, 0) is 29.1 Å². The van der Waals surface area contributed by atoms with Gasteiger partial charge in [0.1, 0.15) is 24.0 Å². The third kappa shape index (κ3) is 5.28. The summed E-state index contributed by atoms with van der Waals surface area (Å²) < 4.78 is 10.4. The van der Waals surface area contributed by atoms with Crippen LogP contribution < -0.4 is 10.5 Å². The lowest BCUT2D eigenvalue weighted by Crippen LogP contribution is -2.35. The normalized spacial score (nSPS) is 12.2. The molecule has 0 saturated heterocycles. The molecule has 1 aliphatic rings. The smallest absolute Gasteiger partial charge is 0.338 e. The zero-order valence-electron chi connectivity index (χ0n) is 19.6. The van der Waals surface area contributed by atoms with Gasteiger partial charge < -0.3 is 15.2 Å². The van der Waals surface area contributed by atoms with Gasteiger partial charge in [0.15, 0.2) is 0 Å². The van der Waals surface area contributed by atoms with Gasteiger partial charge in [0.25, 0.3) is 0 Å². The number of carbonyl (C=O) groups excluding carboxylic acids is 2. The molecule has 1 amide bonds. The molecule has 3 aromatic rings. The number of fused-ring (bicyclic) bond motifs is 1. The summed E-state index contributed by atoms with van der Waals surface area (Å²) in [7, 11) is 1.50. The van der Waals surface area contributed by atoms with Gasteiger partial charge >= 0.3 is 5.97 Å². The topological polar surface area (TPSA) is 131 Å². The van der Waals surface area contributed by atoms with E-state index in [0.29, 0.717) is 54.4 Å². The molecule has 1 aromatic carbocycles. The first kappa shape index (κ1) is 23.9. The van der Waals surface area contributed by atoms with Crippen LogP contribution in [0.2, 0.25) is 0 Å². The number of carbonyl (C=O) groups is 2. The predicted molar refractivity (Wildman–Crippen MR) is 127 cm³/mol. The van der Waals surface area contributed by atoms with Crippen molar-refractivity contribution in [2.24, 2.45) is 5.73 Å². The van der Waals surface area contributed by atoms with E-state index in [1.165, 1.54) is 13.3 Å². The number of amides is 1. The molecule has 1 aliphatic heterocycles. The second-order valence-electron chi connectivity index (χ2n) is 8.31.